The van der Waals surface area contributed by atoms with E-state index in [2.05, 4.69) is 0 Å². The minimum atomic E-state index is -1.18. The molecular formula is C23H40O8. The van der Waals surface area contributed by atoms with Crippen LogP contribution in [0.2, 0.25) is 0 Å². The van der Waals surface area contributed by atoms with Crippen molar-refractivity contribution in [1.29, 1.82) is 0 Å². The van der Waals surface area contributed by atoms with E-state index in [1.165, 1.54) is 21.1 Å². The zero-order valence-corrected chi connectivity index (χ0v) is 20.2. The third-order valence-electron chi connectivity index (χ3n) is 6.03. The molecule has 0 aromatic rings. The molecule has 0 rings (SSSR count). The normalized spacial score (nSPS) is 17.5. The Labute approximate surface area is 185 Å². The number of methoxy groups -OCH3 is 2. The van der Waals surface area contributed by atoms with E-state index < -0.39 is 40.6 Å². The first kappa shape index (κ1) is 28.9. The second-order valence-corrected chi connectivity index (χ2v) is 10.3. The fourth-order valence-corrected chi connectivity index (χ4v) is 4.70. The molecule has 0 saturated heterocycles. The Bertz CT molecular complexity index is 656. The van der Waals surface area contributed by atoms with E-state index in [1.54, 1.807) is 13.8 Å². The van der Waals surface area contributed by atoms with E-state index >= 15 is 0 Å². The van der Waals surface area contributed by atoms with Crippen molar-refractivity contribution < 1.29 is 38.9 Å². The molecule has 0 radical (unpaired) electrons. The zero-order chi connectivity index (χ0) is 24.6. The van der Waals surface area contributed by atoms with Gasteiger partial charge in [-0.25, -0.2) is 0 Å². The van der Waals surface area contributed by atoms with Gasteiger partial charge in [-0.15, -0.1) is 0 Å². The second-order valence-electron chi connectivity index (χ2n) is 10.3. The van der Waals surface area contributed by atoms with Gasteiger partial charge in [-0.2, -0.15) is 0 Å². The average molecular weight is 445 g/mol. The molecular weight excluding hydrogens is 404 g/mol. The number of aliphatic carboxylic acids is 2. The summed E-state index contributed by atoms with van der Waals surface area (Å²) < 4.78 is 9.97. The fraction of sp³-hybridized carbons (Fsp3) is 0.826. The number of hydrogen-bond donors (Lipinski definition) is 2. The molecule has 0 aliphatic rings. The topological polar surface area (TPSA) is 127 Å². The number of carbonyl (C=O) groups is 4. The maximum absolute atomic E-state index is 12.7. The number of hydrogen-bond acceptors (Lipinski definition) is 6. The van der Waals surface area contributed by atoms with Crippen LogP contribution in [0.5, 0.6) is 0 Å². The van der Waals surface area contributed by atoms with Crippen molar-refractivity contribution in [3.63, 3.8) is 0 Å². The zero-order valence-electron chi connectivity index (χ0n) is 20.2. The Balaban J connectivity index is 5.61. The maximum atomic E-state index is 12.7. The quantitative estimate of drug-likeness (QED) is 0.382. The smallest absolute Gasteiger partial charge is 0.311 e. The number of carboxylic acid groups (broad SMARTS) is 2. The van der Waals surface area contributed by atoms with Crippen LogP contribution in [0.1, 0.15) is 80.1 Å². The van der Waals surface area contributed by atoms with Gasteiger partial charge in [0.25, 0.3) is 0 Å². The molecule has 0 heterocycles. The van der Waals surface area contributed by atoms with Crippen molar-refractivity contribution in [2.24, 2.45) is 28.1 Å². The van der Waals surface area contributed by atoms with E-state index in [0.29, 0.717) is 19.3 Å². The Hall–Kier alpha value is -2.12. The van der Waals surface area contributed by atoms with Gasteiger partial charge >= 0.3 is 23.9 Å². The van der Waals surface area contributed by atoms with Gasteiger partial charge in [0.1, 0.15) is 0 Å². The summed E-state index contributed by atoms with van der Waals surface area (Å²) >= 11 is 0. The van der Waals surface area contributed by atoms with Gasteiger partial charge < -0.3 is 19.7 Å². The predicted molar refractivity (Wildman–Crippen MR) is 115 cm³/mol. The third-order valence-corrected chi connectivity index (χ3v) is 6.03. The van der Waals surface area contributed by atoms with Crippen LogP contribution in [0, 0.1) is 28.1 Å². The van der Waals surface area contributed by atoms with E-state index in [4.69, 9.17) is 14.6 Å². The van der Waals surface area contributed by atoms with E-state index in [1.807, 2.05) is 20.8 Å². The van der Waals surface area contributed by atoms with Crippen LogP contribution < -0.4 is 0 Å². The SMILES string of the molecule is COC(=O)C(C)(CCC(C)CC(C)(C)CC(=O)O)CC(C)(CC(C)C(=O)O)C(=O)OC. The third kappa shape index (κ3) is 9.27. The lowest BCUT2D eigenvalue weighted by molar-refractivity contribution is -0.162. The molecule has 180 valence electrons. The van der Waals surface area contributed by atoms with Crippen LogP contribution >= 0.6 is 0 Å². The molecule has 0 aromatic carbocycles. The van der Waals surface area contributed by atoms with E-state index in [0.717, 1.165) is 0 Å². The van der Waals surface area contributed by atoms with Crippen molar-refractivity contribution in [2.75, 3.05) is 14.2 Å². The van der Waals surface area contributed by atoms with E-state index in [9.17, 15) is 24.3 Å². The molecule has 0 aliphatic heterocycles. The van der Waals surface area contributed by atoms with Crippen LogP contribution in [0.15, 0.2) is 0 Å². The lowest BCUT2D eigenvalue weighted by Crippen LogP contribution is -2.41. The molecule has 4 atom stereocenters. The first-order valence-electron chi connectivity index (χ1n) is 10.6. The average Bonchev–Trinajstić information content (AvgIpc) is 2.63. The van der Waals surface area contributed by atoms with Crippen molar-refractivity contribution in [3.05, 3.63) is 0 Å². The van der Waals surface area contributed by atoms with Gasteiger partial charge in [-0.3, -0.25) is 19.2 Å². The predicted octanol–water partition coefficient (Wildman–Crippen LogP) is 4.15. The van der Waals surface area contributed by atoms with Gasteiger partial charge in [0.15, 0.2) is 0 Å². The highest BCUT2D eigenvalue weighted by Crippen LogP contribution is 2.44. The molecule has 0 spiro atoms. The largest absolute Gasteiger partial charge is 0.481 e. The molecule has 0 fully saturated rings. The molecule has 31 heavy (non-hydrogen) atoms. The van der Waals surface area contributed by atoms with Crippen molar-refractivity contribution >= 4 is 23.9 Å². The molecule has 8 heteroatoms. The van der Waals surface area contributed by atoms with Gasteiger partial charge in [0.05, 0.1) is 37.4 Å². The van der Waals surface area contributed by atoms with Crippen molar-refractivity contribution in [2.45, 2.75) is 80.1 Å². The Kier molecular flexibility index (Phi) is 10.7. The summed E-state index contributed by atoms with van der Waals surface area (Å²) in [5, 5.41) is 18.4. The molecule has 0 aliphatic carbocycles. The first-order chi connectivity index (χ1) is 14.0. The van der Waals surface area contributed by atoms with Crippen LogP contribution in [0.3, 0.4) is 0 Å². The Morgan fingerprint density at radius 2 is 1.32 bits per heavy atom. The number of carboxylic acids is 2. The summed E-state index contributed by atoms with van der Waals surface area (Å²) in [6.45, 7) is 10.7. The Morgan fingerprint density at radius 3 is 1.74 bits per heavy atom. The molecule has 8 nitrogen and oxygen atoms in total. The van der Waals surface area contributed by atoms with Gasteiger partial charge in [0, 0.05) is 0 Å². The summed E-state index contributed by atoms with van der Waals surface area (Å²) in [6, 6.07) is 0. The molecule has 4 unspecified atom stereocenters. The summed E-state index contributed by atoms with van der Waals surface area (Å²) in [5.74, 6) is -3.56. The monoisotopic (exact) mass is 444 g/mol. The highest BCUT2D eigenvalue weighted by atomic mass is 16.5. The number of esters is 2. The molecule has 0 amide bonds. The first-order valence-corrected chi connectivity index (χ1v) is 10.6. The molecule has 2 N–H and O–H groups in total. The van der Waals surface area contributed by atoms with Crippen LogP contribution in [-0.4, -0.2) is 48.3 Å². The van der Waals surface area contributed by atoms with Crippen molar-refractivity contribution in [3.8, 4) is 0 Å². The lowest BCUT2D eigenvalue weighted by Gasteiger charge is -2.37. The minimum Gasteiger partial charge on any atom is -0.481 e. The number of carbonyl (C=O) groups excluding carboxylic acids is 2. The summed E-state index contributed by atoms with van der Waals surface area (Å²) in [6.07, 6.45) is 1.88. The highest BCUT2D eigenvalue weighted by Gasteiger charge is 2.47. The van der Waals surface area contributed by atoms with Gasteiger partial charge in [-0.1, -0.05) is 27.7 Å². The summed E-state index contributed by atoms with van der Waals surface area (Å²) in [4.78, 5) is 47.8. The van der Waals surface area contributed by atoms with Gasteiger partial charge in [0.2, 0.25) is 0 Å². The lowest BCUT2D eigenvalue weighted by atomic mass is 9.66. The number of ether oxygens (including phenoxy) is 2. The highest BCUT2D eigenvalue weighted by molar-refractivity contribution is 5.81. The summed E-state index contributed by atoms with van der Waals surface area (Å²) in [5.41, 5.74) is -2.59. The standard InChI is InChI=1S/C23H40O8/c1-15(11-21(3,4)13-17(24)25)9-10-22(5,19(28)30-7)14-23(6,20(29)31-8)12-16(2)18(26)27/h15-16H,9-14H2,1-8H3,(H,24,25)(H,26,27). The van der Waals surface area contributed by atoms with E-state index in [-0.39, 0.29) is 30.6 Å². The molecule has 0 aromatic heterocycles. The molecule has 0 bridgehead atoms. The molecule has 0 saturated carbocycles. The summed E-state index contributed by atoms with van der Waals surface area (Å²) in [7, 11) is 2.53. The fourth-order valence-electron chi connectivity index (χ4n) is 4.70. The Morgan fingerprint density at radius 1 is 0.839 bits per heavy atom. The van der Waals surface area contributed by atoms with Crippen LogP contribution in [-0.2, 0) is 28.7 Å². The minimum absolute atomic E-state index is 0.0305. The van der Waals surface area contributed by atoms with Crippen LogP contribution in [0.25, 0.3) is 0 Å². The maximum Gasteiger partial charge on any atom is 0.311 e. The number of rotatable bonds is 14. The van der Waals surface area contributed by atoms with Crippen molar-refractivity contribution in [1.82, 2.24) is 0 Å². The van der Waals surface area contributed by atoms with Gasteiger partial charge in [-0.05, 0) is 57.3 Å². The van der Waals surface area contributed by atoms with Crippen LogP contribution in [0.4, 0.5) is 0 Å². The second kappa shape index (κ2) is 11.5.